The molecule has 9 heteroatoms. The smallest absolute Gasteiger partial charge is 0.251 e. The van der Waals surface area contributed by atoms with Crippen molar-refractivity contribution >= 4 is 17.6 Å². The number of carbonyl (C=O) groups is 2. The highest BCUT2D eigenvalue weighted by Crippen LogP contribution is 2.26. The number of nitrogens with zero attached hydrogens (tertiary/aromatic N) is 5. The number of amides is 2. The topological polar surface area (TPSA) is 103 Å². The fraction of sp³-hybridized carbons (Fsp3) is 0.293. The number of nitrogens with one attached hydrogen (secondary N) is 2. The van der Waals surface area contributed by atoms with Crippen LogP contribution in [0.4, 0.5) is 5.82 Å². The molecule has 5 heterocycles. The van der Waals surface area contributed by atoms with E-state index in [0.29, 0.717) is 5.56 Å². The summed E-state index contributed by atoms with van der Waals surface area (Å²) in [6.45, 7) is 6.41. The van der Waals surface area contributed by atoms with E-state index in [2.05, 4.69) is 48.6 Å². The van der Waals surface area contributed by atoms with Crippen LogP contribution in [0.25, 0.3) is 22.3 Å². The summed E-state index contributed by atoms with van der Waals surface area (Å²) >= 11 is 0. The van der Waals surface area contributed by atoms with Crippen LogP contribution in [0.2, 0.25) is 0 Å². The van der Waals surface area contributed by atoms with Gasteiger partial charge < -0.3 is 15.5 Å². The summed E-state index contributed by atoms with van der Waals surface area (Å²) in [4.78, 5) is 44.2. The highest BCUT2D eigenvalue weighted by Gasteiger charge is 2.24. The minimum Gasteiger partial charge on any atom is -0.356 e. The molecule has 2 saturated heterocycles. The second kappa shape index (κ2) is 15.4. The predicted octanol–water partition coefficient (Wildman–Crippen LogP) is 6.31. The minimum atomic E-state index is -0.0371. The monoisotopic (exact) mass is 665 g/mol. The quantitative estimate of drug-likeness (QED) is 0.190. The third-order valence-corrected chi connectivity index (χ3v) is 9.98. The molecule has 2 amide bonds. The van der Waals surface area contributed by atoms with Crippen LogP contribution in [0.5, 0.6) is 0 Å². The van der Waals surface area contributed by atoms with E-state index in [4.69, 9.17) is 4.98 Å². The lowest BCUT2D eigenvalue weighted by atomic mass is 9.96. The molecule has 2 aliphatic rings. The van der Waals surface area contributed by atoms with Gasteiger partial charge in [-0.15, -0.1) is 0 Å². The minimum absolute atomic E-state index is 0.00496. The summed E-state index contributed by atoms with van der Waals surface area (Å²) in [5.41, 5.74) is 7.67. The number of aromatic nitrogens is 3. The van der Waals surface area contributed by atoms with Crippen LogP contribution in [-0.4, -0.2) is 69.9 Å². The fourth-order valence-corrected chi connectivity index (χ4v) is 7.08. The summed E-state index contributed by atoms with van der Waals surface area (Å²) in [6, 6.07) is 26.1. The van der Waals surface area contributed by atoms with Crippen molar-refractivity contribution in [3.63, 3.8) is 0 Å². The van der Waals surface area contributed by atoms with Gasteiger partial charge in [-0.05, 0) is 103 Å². The summed E-state index contributed by atoms with van der Waals surface area (Å²) in [6.07, 6.45) is 12.7. The predicted molar refractivity (Wildman–Crippen MR) is 197 cm³/mol. The molecule has 0 unspecified atom stereocenters. The van der Waals surface area contributed by atoms with E-state index < -0.39 is 0 Å². The maximum absolute atomic E-state index is 13.3. The Kier molecular flexibility index (Phi) is 10.2. The molecule has 2 aromatic carbocycles. The lowest BCUT2D eigenvalue weighted by Crippen LogP contribution is -2.45. The summed E-state index contributed by atoms with van der Waals surface area (Å²) < 4.78 is 0. The number of benzene rings is 2. The number of rotatable bonds is 9. The molecule has 9 nitrogen and oxygen atoms in total. The average molecular weight is 666 g/mol. The first-order valence-electron chi connectivity index (χ1n) is 17.5. The Morgan fingerprint density at radius 2 is 1.42 bits per heavy atom. The second-order valence-corrected chi connectivity index (χ2v) is 13.3. The van der Waals surface area contributed by atoms with Gasteiger partial charge in [-0.25, -0.2) is 4.98 Å². The zero-order valence-corrected chi connectivity index (χ0v) is 28.5. The Morgan fingerprint density at radius 3 is 2.14 bits per heavy atom. The van der Waals surface area contributed by atoms with E-state index in [1.807, 2.05) is 80.0 Å². The first-order chi connectivity index (χ1) is 24.5. The molecule has 3 aromatic heterocycles. The molecule has 254 valence electrons. The van der Waals surface area contributed by atoms with Crippen LogP contribution >= 0.6 is 0 Å². The largest absolute Gasteiger partial charge is 0.356 e. The van der Waals surface area contributed by atoms with Gasteiger partial charge in [0.25, 0.3) is 11.8 Å². The van der Waals surface area contributed by atoms with Gasteiger partial charge in [-0.1, -0.05) is 36.4 Å². The van der Waals surface area contributed by atoms with Crippen LogP contribution in [0, 0.1) is 6.92 Å². The zero-order chi connectivity index (χ0) is 34.3. The van der Waals surface area contributed by atoms with Crippen molar-refractivity contribution in [3.8, 4) is 22.3 Å². The Morgan fingerprint density at radius 1 is 0.700 bits per heavy atom. The van der Waals surface area contributed by atoms with Crippen molar-refractivity contribution in [3.05, 3.63) is 132 Å². The van der Waals surface area contributed by atoms with Gasteiger partial charge in [0.1, 0.15) is 5.82 Å². The number of hydrogen-bond donors (Lipinski definition) is 2. The Balaban J connectivity index is 0.851. The van der Waals surface area contributed by atoms with Crippen LogP contribution in [0.3, 0.4) is 0 Å². The number of anilines is 1. The fourth-order valence-electron chi connectivity index (χ4n) is 7.08. The summed E-state index contributed by atoms with van der Waals surface area (Å²) in [7, 11) is 0. The lowest BCUT2D eigenvalue weighted by Gasteiger charge is -2.34. The highest BCUT2D eigenvalue weighted by atomic mass is 16.2. The van der Waals surface area contributed by atoms with E-state index in [0.717, 1.165) is 97.6 Å². The normalized spacial score (nSPS) is 15.8. The molecule has 50 heavy (non-hydrogen) atoms. The Hall–Kier alpha value is -5.41. The lowest BCUT2D eigenvalue weighted by molar-refractivity contribution is 0.0905. The molecule has 0 radical (unpaired) electrons. The molecule has 0 bridgehead atoms. The van der Waals surface area contributed by atoms with Crippen LogP contribution in [-0.2, 0) is 6.54 Å². The van der Waals surface area contributed by atoms with Crippen LogP contribution in [0.15, 0.2) is 110 Å². The number of carbonyl (C=O) groups excluding carboxylic acids is 2. The molecule has 5 aromatic rings. The molecule has 2 aliphatic heterocycles. The van der Waals surface area contributed by atoms with Crippen LogP contribution < -0.4 is 15.5 Å². The molecule has 0 aliphatic carbocycles. The maximum Gasteiger partial charge on any atom is 0.251 e. The molecular formula is C41H43N7O2. The SMILES string of the molecule is Cc1c(C(=O)NC2CCN(Cc3ccc(N4CCC(NC(=O)c5cccc(-c6cccnc6)c5)CC4)nc3)CC2)cccc1-c1ccncc1. The van der Waals surface area contributed by atoms with Crippen molar-refractivity contribution < 1.29 is 9.59 Å². The van der Waals surface area contributed by atoms with E-state index in [9.17, 15) is 9.59 Å². The van der Waals surface area contributed by atoms with Gasteiger partial charge in [0, 0.05) is 92.5 Å². The van der Waals surface area contributed by atoms with E-state index in [-0.39, 0.29) is 23.9 Å². The molecule has 2 N–H and O–H groups in total. The van der Waals surface area contributed by atoms with Crippen molar-refractivity contribution in [2.75, 3.05) is 31.1 Å². The van der Waals surface area contributed by atoms with Crippen LogP contribution in [0.1, 0.15) is 57.5 Å². The summed E-state index contributed by atoms with van der Waals surface area (Å²) in [5, 5.41) is 6.53. The average Bonchev–Trinajstić information content (AvgIpc) is 3.17. The van der Waals surface area contributed by atoms with Gasteiger partial charge in [-0.2, -0.15) is 0 Å². The Bertz CT molecular complexity index is 1900. The summed E-state index contributed by atoms with van der Waals surface area (Å²) in [5.74, 6) is 0.937. The number of likely N-dealkylation sites (tertiary alicyclic amines) is 1. The molecule has 0 atom stereocenters. The number of hydrogen-bond acceptors (Lipinski definition) is 7. The standard InChI is InChI=1S/C41H43N7O2/c1-29-37(31-12-19-42-20-13-31)8-3-9-38(29)41(50)46-35-14-21-47(22-15-35)28-30-10-11-39(44-26-30)48-23-16-36(17-24-48)45-40(49)33-6-2-5-32(25-33)34-7-4-18-43-27-34/h2-13,18-20,25-27,35-36H,14-17,21-24,28H2,1H3,(H,45,49)(H,46,50). The van der Waals surface area contributed by atoms with Crippen molar-refractivity contribution in [1.82, 2.24) is 30.5 Å². The van der Waals surface area contributed by atoms with E-state index >= 15 is 0 Å². The van der Waals surface area contributed by atoms with Gasteiger partial charge >= 0.3 is 0 Å². The van der Waals surface area contributed by atoms with Gasteiger partial charge in [-0.3, -0.25) is 24.5 Å². The zero-order valence-electron chi connectivity index (χ0n) is 28.5. The number of pyridine rings is 3. The first-order valence-corrected chi connectivity index (χ1v) is 17.5. The van der Waals surface area contributed by atoms with Gasteiger partial charge in [0.2, 0.25) is 0 Å². The maximum atomic E-state index is 13.3. The Labute approximate surface area is 293 Å². The van der Waals surface area contributed by atoms with Crippen molar-refractivity contribution in [1.29, 1.82) is 0 Å². The third kappa shape index (κ3) is 7.90. The highest BCUT2D eigenvalue weighted by molar-refractivity contribution is 5.98. The van der Waals surface area contributed by atoms with Crippen molar-refractivity contribution in [2.24, 2.45) is 0 Å². The van der Waals surface area contributed by atoms with E-state index in [1.165, 1.54) is 5.56 Å². The molecule has 2 fully saturated rings. The molecule has 0 saturated carbocycles. The van der Waals surface area contributed by atoms with E-state index in [1.54, 1.807) is 18.6 Å². The van der Waals surface area contributed by atoms with Gasteiger partial charge in [0.15, 0.2) is 0 Å². The second-order valence-electron chi connectivity index (χ2n) is 13.3. The molecule has 0 spiro atoms. The molecular weight excluding hydrogens is 622 g/mol. The van der Waals surface area contributed by atoms with Crippen molar-refractivity contribution in [2.45, 2.75) is 51.2 Å². The third-order valence-electron chi connectivity index (χ3n) is 9.98. The van der Waals surface area contributed by atoms with Gasteiger partial charge in [0.05, 0.1) is 0 Å². The number of piperidine rings is 2. The first kappa shape index (κ1) is 33.1. The molecule has 7 rings (SSSR count).